The molecule has 3 aromatic carbocycles. The van der Waals surface area contributed by atoms with E-state index < -0.39 is 46.7 Å². The third kappa shape index (κ3) is 9.25. The third-order valence-electron chi connectivity index (χ3n) is 6.75. The number of rotatable bonds is 14. The molecule has 0 spiro atoms. The molecule has 0 aliphatic rings. The normalized spacial score (nSPS) is 14.2. The van der Waals surface area contributed by atoms with Gasteiger partial charge in [-0.15, -0.1) is 0 Å². The van der Waals surface area contributed by atoms with Crippen LogP contribution in [0, 0.1) is 17.8 Å². The molecule has 0 radical (unpaired) electrons. The van der Waals surface area contributed by atoms with Crippen LogP contribution < -0.4 is 16.1 Å². The molecule has 0 fully saturated rings. The molecule has 0 saturated heterocycles. The highest BCUT2D eigenvalue weighted by molar-refractivity contribution is 7.79. The maximum absolute atomic E-state index is 13.8. The second kappa shape index (κ2) is 15.3. The van der Waals surface area contributed by atoms with E-state index >= 15 is 0 Å². The number of hydroxylamine groups is 1. The number of benzene rings is 3. The summed E-state index contributed by atoms with van der Waals surface area (Å²) in [5.74, 6) is -3.67. The first-order chi connectivity index (χ1) is 19.2. The van der Waals surface area contributed by atoms with Crippen molar-refractivity contribution in [2.24, 2.45) is 17.8 Å². The van der Waals surface area contributed by atoms with Crippen molar-refractivity contribution in [1.29, 1.82) is 0 Å². The second-order valence-corrected chi connectivity index (χ2v) is 11.3. The van der Waals surface area contributed by atoms with Gasteiger partial charge in [-0.2, -0.15) is 0 Å². The highest BCUT2D eigenvalue weighted by Crippen LogP contribution is 2.27. The molecule has 0 aliphatic heterocycles. The number of fused-ring (bicyclic) bond motifs is 1. The molecule has 0 aliphatic carbocycles. The van der Waals surface area contributed by atoms with Crippen molar-refractivity contribution in [2.75, 3.05) is 12.3 Å². The molecule has 9 nitrogen and oxygen atoms in total. The maximum atomic E-state index is 13.8. The highest BCUT2D eigenvalue weighted by atomic mass is 32.2. The minimum absolute atomic E-state index is 0.0368. The van der Waals surface area contributed by atoms with Crippen molar-refractivity contribution in [1.82, 2.24) is 16.1 Å². The van der Waals surface area contributed by atoms with E-state index in [1.54, 1.807) is 5.48 Å². The Labute approximate surface area is 237 Å². The fourth-order valence-electron chi connectivity index (χ4n) is 4.80. The molecule has 0 saturated carbocycles. The maximum Gasteiger partial charge on any atom is 0.247 e. The van der Waals surface area contributed by atoms with Crippen LogP contribution in [0.4, 0.5) is 0 Å². The summed E-state index contributed by atoms with van der Waals surface area (Å²) in [6.45, 7) is 3.77. The molecule has 2 unspecified atom stereocenters. The first kappa shape index (κ1) is 30.9. The van der Waals surface area contributed by atoms with Crippen molar-refractivity contribution < 1.29 is 28.4 Å². The summed E-state index contributed by atoms with van der Waals surface area (Å²) in [7, 11) is 0. The van der Waals surface area contributed by atoms with E-state index in [9.17, 15) is 28.4 Å². The minimum atomic E-state index is -2.32. The van der Waals surface area contributed by atoms with Crippen molar-refractivity contribution in [3.05, 3.63) is 83.9 Å². The lowest BCUT2D eigenvalue weighted by atomic mass is 9.80. The number of hydrogen-bond donors (Lipinski definition) is 4. The average molecular weight is 567 g/mol. The molecule has 4 N–H and O–H groups in total. The van der Waals surface area contributed by atoms with Gasteiger partial charge in [-0.25, -0.2) is 5.48 Å². The molecule has 3 aromatic rings. The van der Waals surface area contributed by atoms with E-state index in [1.165, 1.54) is 0 Å². The zero-order valence-corrected chi connectivity index (χ0v) is 23.5. The Hall–Kier alpha value is -3.60. The Bertz CT molecular complexity index is 1320. The zero-order valence-electron chi connectivity index (χ0n) is 22.7. The molecule has 4 atom stereocenters. The number of carbonyl (C=O) groups excluding carboxylic acids is 3. The van der Waals surface area contributed by atoms with Crippen LogP contribution in [0.3, 0.4) is 0 Å². The van der Waals surface area contributed by atoms with Crippen molar-refractivity contribution in [2.45, 2.75) is 39.2 Å². The Morgan fingerprint density at radius 2 is 1.50 bits per heavy atom. The van der Waals surface area contributed by atoms with Gasteiger partial charge in [0.15, 0.2) is 0 Å². The van der Waals surface area contributed by atoms with Gasteiger partial charge in [-0.3, -0.25) is 23.8 Å². The fraction of sp³-hybridized carbons (Fsp3) is 0.367. The van der Waals surface area contributed by atoms with Crippen LogP contribution in [0.15, 0.2) is 72.8 Å². The summed E-state index contributed by atoms with van der Waals surface area (Å²) in [5, 5.41) is 17.0. The van der Waals surface area contributed by atoms with Gasteiger partial charge in [0.1, 0.15) is 6.04 Å². The molecule has 214 valence electrons. The fourth-order valence-corrected chi connectivity index (χ4v) is 5.07. The van der Waals surface area contributed by atoms with Crippen LogP contribution in [-0.2, 0) is 38.3 Å². The van der Waals surface area contributed by atoms with Crippen molar-refractivity contribution >= 4 is 39.6 Å². The topological polar surface area (TPSA) is 148 Å². The van der Waals surface area contributed by atoms with Crippen molar-refractivity contribution in [3.63, 3.8) is 0 Å². The van der Waals surface area contributed by atoms with Gasteiger partial charge in [-0.1, -0.05) is 97.7 Å². The van der Waals surface area contributed by atoms with Crippen LogP contribution in [0.1, 0.15) is 31.4 Å². The minimum Gasteiger partial charge on any atom is -0.772 e. The molecule has 3 amide bonds. The predicted molar refractivity (Wildman–Crippen MR) is 153 cm³/mol. The van der Waals surface area contributed by atoms with Gasteiger partial charge in [0.05, 0.1) is 11.8 Å². The Morgan fingerprint density at radius 3 is 2.15 bits per heavy atom. The van der Waals surface area contributed by atoms with E-state index in [0.29, 0.717) is 6.42 Å². The first-order valence-electron chi connectivity index (χ1n) is 13.3. The first-order valence-corrected chi connectivity index (χ1v) is 14.5. The summed E-state index contributed by atoms with van der Waals surface area (Å²) < 4.78 is 21.8. The Kier molecular flexibility index (Phi) is 11.8. The third-order valence-corrected chi connectivity index (χ3v) is 7.29. The predicted octanol–water partition coefficient (Wildman–Crippen LogP) is 2.89. The van der Waals surface area contributed by atoms with E-state index in [0.717, 1.165) is 21.9 Å². The highest BCUT2D eigenvalue weighted by Gasteiger charge is 2.36. The lowest BCUT2D eigenvalue weighted by Gasteiger charge is -2.28. The number of carbonyl (C=O) groups is 3. The van der Waals surface area contributed by atoms with Crippen LogP contribution >= 0.6 is 0 Å². The van der Waals surface area contributed by atoms with Crippen LogP contribution in [0.2, 0.25) is 0 Å². The van der Waals surface area contributed by atoms with Gasteiger partial charge in [-0.05, 0) is 40.7 Å². The zero-order chi connectivity index (χ0) is 29.1. The lowest BCUT2D eigenvalue weighted by Crippen LogP contribution is -2.52. The smallest absolute Gasteiger partial charge is 0.247 e. The molecular formula is C30H36N3O6S-. The van der Waals surface area contributed by atoms with Crippen LogP contribution in [-0.4, -0.2) is 50.0 Å². The Morgan fingerprint density at radius 1 is 0.825 bits per heavy atom. The second-order valence-electron chi connectivity index (χ2n) is 10.3. The quantitative estimate of drug-likeness (QED) is 0.134. The van der Waals surface area contributed by atoms with Gasteiger partial charge in [0.2, 0.25) is 17.7 Å². The van der Waals surface area contributed by atoms with Crippen LogP contribution in [0.25, 0.3) is 10.8 Å². The largest absolute Gasteiger partial charge is 0.772 e. The molecule has 0 bridgehead atoms. The Balaban J connectivity index is 1.88. The summed E-state index contributed by atoms with van der Waals surface area (Å²) in [5.41, 5.74) is 3.36. The van der Waals surface area contributed by atoms with E-state index in [2.05, 4.69) is 10.6 Å². The van der Waals surface area contributed by atoms with Gasteiger partial charge >= 0.3 is 0 Å². The standard InChI is InChI=1S/C30H37N3O6S/c1-20(2)16-25(26(29(35)33-37)18-22-12-13-23-10-6-7-11-24(23)17-22)28(34)32-27(19-21-8-4-3-5-9-21)30(36)31-14-15-40(38)39/h3-13,17,20,25-27,37H,14-16,18-19H2,1-2H3,(H,31,36)(H,32,34)(H,33,35)(H,38,39)/p-1/t25-,26?,27+/m1/s1. The lowest BCUT2D eigenvalue weighted by molar-refractivity contribution is -0.141. The van der Waals surface area contributed by atoms with E-state index in [-0.39, 0.29) is 31.1 Å². The number of hydrogen-bond acceptors (Lipinski definition) is 6. The molecule has 10 heteroatoms. The summed E-state index contributed by atoms with van der Waals surface area (Å²) in [4.78, 5) is 39.8. The van der Waals surface area contributed by atoms with E-state index in [1.807, 2.05) is 86.6 Å². The van der Waals surface area contributed by atoms with Crippen LogP contribution in [0.5, 0.6) is 0 Å². The van der Waals surface area contributed by atoms with Gasteiger partial charge < -0.3 is 15.2 Å². The van der Waals surface area contributed by atoms with Gasteiger partial charge in [0.25, 0.3) is 0 Å². The summed E-state index contributed by atoms with van der Waals surface area (Å²) in [6.07, 6.45) is 0.716. The summed E-state index contributed by atoms with van der Waals surface area (Å²) >= 11 is -2.32. The average Bonchev–Trinajstić information content (AvgIpc) is 2.94. The summed E-state index contributed by atoms with van der Waals surface area (Å²) in [6, 6.07) is 21.8. The molecular weight excluding hydrogens is 530 g/mol. The van der Waals surface area contributed by atoms with Crippen molar-refractivity contribution in [3.8, 4) is 0 Å². The molecule has 0 heterocycles. The molecule has 0 aromatic heterocycles. The van der Waals surface area contributed by atoms with Gasteiger partial charge in [0, 0.05) is 18.7 Å². The number of nitrogens with one attached hydrogen (secondary N) is 3. The molecule has 40 heavy (non-hydrogen) atoms. The SMILES string of the molecule is CC(C)C[C@@H](C(=O)N[C@@H](Cc1ccccc1)C(=O)NCCS(=O)[O-])C(Cc1ccc2ccccc2c1)C(=O)NO. The van der Waals surface area contributed by atoms with E-state index in [4.69, 9.17) is 0 Å². The monoisotopic (exact) mass is 566 g/mol. The molecule has 3 rings (SSSR count). The number of amides is 3.